The summed E-state index contributed by atoms with van der Waals surface area (Å²) in [5, 5.41) is 15.2. The van der Waals surface area contributed by atoms with Crippen LogP contribution in [0.3, 0.4) is 0 Å². The molecule has 0 saturated carbocycles. The number of nitrogens with one attached hydrogen (secondary N) is 2. The molecule has 1 fully saturated rings. The van der Waals surface area contributed by atoms with Crippen molar-refractivity contribution < 1.29 is 14.7 Å². The van der Waals surface area contributed by atoms with Crippen LogP contribution in [0.4, 0.5) is 10.5 Å². The Kier molecular flexibility index (Phi) is 5.03. The van der Waals surface area contributed by atoms with Gasteiger partial charge in [0, 0.05) is 23.8 Å². The Morgan fingerprint density at radius 1 is 1.33 bits per heavy atom. The average Bonchev–Trinajstić information content (AvgIpc) is 2.46. The maximum atomic E-state index is 12.2. The number of carbonyl (C=O) groups excluding carboxylic acids is 1. The molecule has 1 heterocycles. The lowest BCUT2D eigenvalue weighted by Gasteiger charge is -2.31. The van der Waals surface area contributed by atoms with Crippen LogP contribution in [0.2, 0.25) is 5.02 Å². The average molecular weight is 312 g/mol. The van der Waals surface area contributed by atoms with E-state index in [1.54, 1.807) is 11.9 Å². The van der Waals surface area contributed by atoms with Crippen molar-refractivity contribution in [2.75, 3.05) is 25.5 Å². The normalized spacial score (nSPS) is 15.5. The third-order valence-electron chi connectivity index (χ3n) is 3.57. The number of urea groups is 1. The summed E-state index contributed by atoms with van der Waals surface area (Å²) in [5.41, 5.74) is 0.424. The van der Waals surface area contributed by atoms with E-state index in [-0.39, 0.29) is 22.7 Å². The Morgan fingerprint density at radius 3 is 2.62 bits per heavy atom. The predicted molar refractivity (Wildman–Crippen MR) is 81.1 cm³/mol. The summed E-state index contributed by atoms with van der Waals surface area (Å²) in [5.74, 6) is -1.08. The number of amides is 2. The second kappa shape index (κ2) is 6.78. The fourth-order valence-corrected chi connectivity index (χ4v) is 2.59. The maximum absolute atomic E-state index is 12.2. The predicted octanol–water partition coefficient (Wildman–Crippen LogP) is 2.25. The van der Waals surface area contributed by atoms with Gasteiger partial charge in [-0.25, -0.2) is 9.59 Å². The first-order valence-corrected chi connectivity index (χ1v) is 7.13. The lowest BCUT2D eigenvalue weighted by atomic mass is 10.1. The van der Waals surface area contributed by atoms with Crippen molar-refractivity contribution in [2.45, 2.75) is 18.9 Å². The zero-order chi connectivity index (χ0) is 15.4. The van der Waals surface area contributed by atoms with Crippen LogP contribution in [-0.2, 0) is 0 Å². The van der Waals surface area contributed by atoms with E-state index in [2.05, 4.69) is 10.6 Å². The number of aromatic carboxylic acids is 1. The van der Waals surface area contributed by atoms with E-state index in [1.165, 1.54) is 18.2 Å². The Morgan fingerprint density at radius 2 is 2.00 bits per heavy atom. The molecule has 0 atom stereocenters. The highest BCUT2D eigenvalue weighted by Crippen LogP contribution is 2.20. The number of rotatable bonds is 3. The molecule has 0 spiro atoms. The molecule has 7 heteroatoms. The number of benzene rings is 1. The van der Waals surface area contributed by atoms with Gasteiger partial charge in [-0.2, -0.15) is 0 Å². The Hall–Kier alpha value is -1.79. The van der Waals surface area contributed by atoms with E-state index >= 15 is 0 Å². The standard InChI is InChI=1S/C14H18ClN3O3/c1-18(12-2-4-16-5-3-12)14(21)17-11-7-9(13(19)20)6-10(15)8-11/h6-8,12,16H,2-5H2,1H3,(H,17,21)(H,19,20). The van der Waals surface area contributed by atoms with Crippen LogP contribution < -0.4 is 10.6 Å². The molecule has 1 aromatic rings. The van der Waals surface area contributed by atoms with Crippen LogP contribution in [0.15, 0.2) is 18.2 Å². The molecular weight excluding hydrogens is 294 g/mol. The number of halogens is 1. The minimum atomic E-state index is -1.08. The minimum Gasteiger partial charge on any atom is -0.478 e. The maximum Gasteiger partial charge on any atom is 0.335 e. The summed E-state index contributed by atoms with van der Waals surface area (Å²) in [4.78, 5) is 24.8. The van der Waals surface area contributed by atoms with E-state index in [0.717, 1.165) is 25.9 Å². The molecule has 0 aromatic heterocycles. The van der Waals surface area contributed by atoms with Crippen molar-refractivity contribution in [1.29, 1.82) is 0 Å². The molecule has 1 aliphatic rings. The van der Waals surface area contributed by atoms with Gasteiger partial charge in [0.2, 0.25) is 0 Å². The van der Waals surface area contributed by atoms with Gasteiger partial charge in [0.15, 0.2) is 0 Å². The lowest BCUT2D eigenvalue weighted by Crippen LogP contribution is -2.45. The third-order valence-corrected chi connectivity index (χ3v) is 3.79. The summed E-state index contributed by atoms with van der Waals surface area (Å²) in [7, 11) is 1.74. The van der Waals surface area contributed by atoms with Gasteiger partial charge in [-0.05, 0) is 44.1 Å². The Bertz CT molecular complexity index is 544. The molecule has 6 nitrogen and oxygen atoms in total. The fraction of sp³-hybridized carbons (Fsp3) is 0.429. The number of carboxylic acids is 1. The first-order valence-electron chi connectivity index (χ1n) is 6.76. The first kappa shape index (κ1) is 15.6. The van der Waals surface area contributed by atoms with E-state index in [0.29, 0.717) is 5.69 Å². The van der Waals surface area contributed by atoms with Crippen LogP contribution in [0.25, 0.3) is 0 Å². The number of hydrogen-bond acceptors (Lipinski definition) is 3. The van der Waals surface area contributed by atoms with Gasteiger partial charge in [-0.1, -0.05) is 11.6 Å². The molecule has 0 radical (unpaired) electrons. The summed E-state index contributed by atoms with van der Waals surface area (Å²) < 4.78 is 0. The molecule has 1 aliphatic heterocycles. The van der Waals surface area contributed by atoms with E-state index in [1.807, 2.05) is 0 Å². The number of piperidine rings is 1. The zero-order valence-electron chi connectivity index (χ0n) is 11.7. The molecule has 2 rings (SSSR count). The quantitative estimate of drug-likeness (QED) is 0.799. The van der Waals surface area contributed by atoms with Crippen molar-refractivity contribution >= 4 is 29.3 Å². The molecule has 114 valence electrons. The van der Waals surface area contributed by atoms with Crippen LogP contribution in [-0.4, -0.2) is 48.2 Å². The number of carbonyl (C=O) groups is 2. The second-order valence-corrected chi connectivity index (χ2v) is 5.49. The highest BCUT2D eigenvalue weighted by Gasteiger charge is 2.22. The molecule has 21 heavy (non-hydrogen) atoms. The van der Waals surface area contributed by atoms with Gasteiger partial charge < -0.3 is 20.6 Å². The van der Waals surface area contributed by atoms with Crippen LogP contribution in [0, 0.1) is 0 Å². The third kappa shape index (κ3) is 4.09. The molecule has 2 amide bonds. The van der Waals surface area contributed by atoms with Crippen LogP contribution in [0.5, 0.6) is 0 Å². The highest BCUT2D eigenvalue weighted by atomic mass is 35.5. The summed E-state index contributed by atoms with van der Waals surface area (Å²) in [6.07, 6.45) is 1.81. The van der Waals surface area contributed by atoms with E-state index in [9.17, 15) is 9.59 Å². The summed E-state index contributed by atoms with van der Waals surface area (Å²) >= 11 is 5.87. The van der Waals surface area contributed by atoms with Crippen molar-refractivity contribution in [3.05, 3.63) is 28.8 Å². The summed E-state index contributed by atoms with van der Waals surface area (Å²) in [6.45, 7) is 1.78. The monoisotopic (exact) mass is 311 g/mol. The largest absolute Gasteiger partial charge is 0.478 e. The number of nitrogens with zero attached hydrogens (tertiary/aromatic N) is 1. The smallest absolute Gasteiger partial charge is 0.335 e. The molecular formula is C14H18ClN3O3. The van der Waals surface area contributed by atoms with Crippen molar-refractivity contribution in [1.82, 2.24) is 10.2 Å². The zero-order valence-corrected chi connectivity index (χ0v) is 12.5. The van der Waals surface area contributed by atoms with Gasteiger partial charge in [-0.15, -0.1) is 0 Å². The molecule has 0 unspecified atom stereocenters. The fourth-order valence-electron chi connectivity index (χ4n) is 2.36. The van der Waals surface area contributed by atoms with Crippen molar-refractivity contribution in [2.24, 2.45) is 0 Å². The number of hydrogen-bond donors (Lipinski definition) is 3. The Labute approximate surface area is 128 Å². The van der Waals surface area contributed by atoms with Crippen LogP contribution in [0.1, 0.15) is 23.2 Å². The number of carboxylic acid groups (broad SMARTS) is 1. The Balaban J connectivity index is 2.06. The second-order valence-electron chi connectivity index (χ2n) is 5.06. The van der Waals surface area contributed by atoms with Gasteiger partial charge in [-0.3, -0.25) is 0 Å². The molecule has 3 N–H and O–H groups in total. The summed E-state index contributed by atoms with van der Waals surface area (Å²) in [6, 6.07) is 4.19. The van der Waals surface area contributed by atoms with Crippen molar-refractivity contribution in [3.8, 4) is 0 Å². The van der Waals surface area contributed by atoms with Gasteiger partial charge in [0.25, 0.3) is 0 Å². The van der Waals surface area contributed by atoms with Crippen molar-refractivity contribution in [3.63, 3.8) is 0 Å². The van der Waals surface area contributed by atoms with E-state index in [4.69, 9.17) is 16.7 Å². The topological polar surface area (TPSA) is 81.7 Å². The van der Waals surface area contributed by atoms with Crippen LogP contribution >= 0.6 is 11.6 Å². The first-order chi connectivity index (χ1) is 9.97. The van der Waals surface area contributed by atoms with Gasteiger partial charge in [0.1, 0.15) is 0 Å². The highest BCUT2D eigenvalue weighted by molar-refractivity contribution is 6.31. The van der Waals surface area contributed by atoms with E-state index < -0.39 is 5.97 Å². The SMILES string of the molecule is CN(C(=O)Nc1cc(Cl)cc(C(=O)O)c1)C1CCNCC1. The number of anilines is 1. The lowest BCUT2D eigenvalue weighted by molar-refractivity contribution is 0.0697. The van der Waals surface area contributed by atoms with Gasteiger partial charge >= 0.3 is 12.0 Å². The molecule has 0 bridgehead atoms. The molecule has 1 saturated heterocycles. The minimum absolute atomic E-state index is 0.0438. The molecule has 0 aliphatic carbocycles. The van der Waals surface area contributed by atoms with Gasteiger partial charge in [0.05, 0.1) is 5.56 Å². The molecule has 1 aromatic carbocycles.